The summed E-state index contributed by atoms with van der Waals surface area (Å²) in [6.45, 7) is 0. The number of hydrogen-bond donors (Lipinski definition) is 2. The number of carbonyl (C=O) groups is 1. The predicted octanol–water partition coefficient (Wildman–Crippen LogP) is 0.990. The Hall–Kier alpha value is -2.54. The van der Waals surface area contributed by atoms with E-state index in [0.29, 0.717) is 5.01 Å². The van der Waals surface area contributed by atoms with Gasteiger partial charge in [-0.25, -0.2) is 4.99 Å². The van der Waals surface area contributed by atoms with Crippen LogP contribution in [-0.2, 0) is 0 Å². The Kier molecular flexibility index (Phi) is 2.81. The number of amides is 1. The maximum Gasteiger partial charge on any atom is 0.279 e. The third-order valence-corrected chi connectivity index (χ3v) is 3.47. The molecule has 1 aromatic heterocycles. The first-order valence-corrected chi connectivity index (χ1v) is 6.30. The molecule has 7 heteroatoms. The van der Waals surface area contributed by atoms with Crippen molar-refractivity contribution < 1.29 is 4.79 Å². The van der Waals surface area contributed by atoms with Gasteiger partial charge in [0.05, 0.1) is 5.70 Å². The highest BCUT2D eigenvalue weighted by atomic mass is 32.1. The molecule has 0 spiro atoms. The first kappa shape index (κ1) is 11.5. The summed E-state index contributed by atoms with van der Waals surface area (Å²) in [5, 5.41) is 11.6. The summed E-state index contributed by atoms with van der Waals surface area (Å²) in [5.41, 5.74) is 6.89. The molecule has 19 heavy (non-hydrogen) atoms. The second-order valence-electron chi connectivity index (χ2n) is 3.78. The predicted molar refractivity (Wildman–Crippen MR) is 73.3 cm³/mol. The highest BCUT2D eigenvalue weighted by Crippen LogP contribution is 2.21. The van der Waals surface area contributed by atoms with E-state index in [1.807, 2.05) is 30.4 Å². The molecule has 2 aliphatic rings. The SMILES string of the molecule is NC(=O)c1nnc(C2=CC=C3C=CC=CN=C3N2)s1. The molecule has 0 fully saturated rings. The molecule has 6 nitrogen and oxygen atoms in total. The first-order valence-electron chi connectivity index (χ1n) is 5.48. The van der Waals surface area contributed by atoms with E-state index >= 15 is 0 Å². The third kappa shape index (κ3) is 2.23. The van der Waals surface area contributed by atoms with Gasteiger partial charge in [-0.05, 0) is 18.2 Å². The van der Waals surface area contributed by atoms with Crippen LogP contribution in [0.4, 0.5) is 0 Å². The number of primary amides is 1. The smallest absolute Gasteiger partial charge is 0.279 e. The van der Waals surface area contributed by atoms with E-state index in [2.05, 4.69) is 20.5 Å². The van der Waals surface area contributed by atoms with Gasteiger partial charge in [0.2, 0.25) is 5.01 Å². The highest BCUT2D eigenvalue weighted by Gasteiger charge is 2.17. The number of hydrogen-bond acceptors (Lipinski definition) is 6. The summed E-state index contributed by atoms with van der Waals surface area (Å²) in [6, 6.07) is 0. The third-order valence-electron chi connectivity index (χ3n) is 2.50. The lowest BCUT2D eigenvalue weighted by atomic mass is 10.1. The van der Waals surface area contributed by atoms with Gasteiger partial charge in [0, 0.05) is 11.8 Å². The Morgan fingerprint density at radius 3 is 2.95 bits per heavy atom. The maximum absolute atomic E-state index is 11.0. The van der Waals surface area contributed by atoms with Gasteiger partial charge >= 0.3 is 0 Å². The van der Waals surface area contributed by atoms with Crippen molar-refractivity contribution in [3.63, 3.8) is 0 Å². The van der Waals surface area contributed by atoms with E-state index in [1.165, 1.54) is 0 Å². The number of fused-ring (bicyclic) bond motifs is 1. The van der Waals surface area contributed by atoms with Gasteiger partial charge in [-0.2, -0.15) is 0 Å². The minimum absolute atomic E-state index is 0.190. The molecule has 0 bridgehead atoms. The second-order valence-corrected chi connectivity index (χ2v) is 4.76. The average Bonchev–Trinajstić information content (AvgIpc) is 2.78. The molecule has 0 saturated carbocycles. The van der Waals surface area contributed by atoms with E-state index in [-0.39, 0.29) is 5.01 Å². The van der Waals surface area contributed by atoms with Crippen molar-refractivity contribution >= 4 is 28.8 Å². The quantitative estimate of drug-likeness (QED) is 0.838. The Morgan fingerprint density at radius 1 is 1.26 bits per heavy atom. The largest absolute Gasteiger partial charge is 0.363 e. The summed E-state index contributed by atoms with van der Waals surface area (Å²) in [4.78, 5) is 15.3. The van der Waals surface area contributed by atoms with Crippen LogP contribution in [0.5, 0.6) is 0 Å². The number of carbonyl (C=O) groups excluding carboxylic acids is 1. The van der Waals surface area contributed by atoms with Gasteiger partial charge in [-0.3, -0.25) is 4.79 Å². The summed E-state index contributed by atoms with van der Waals surface area (Å²) < 4.78 is 0. The molecule has 3 heterocycles. The standard InChI is InChI=1S/C12H9N5OS/c13-9(18)12-17-16-11(19-12)8-5-4-7-3-1-2-6-14-10(7)15-8/h1-6H,(H2,13,18)(H,14,15). The lowest BCUT2D eigenvalue weighted by molar-refractivity contribution is 0.0999. The summed E-state index contributed by atoms with van der Waals surface area (Å²) >= 11 is 1.14. The highest BCUT2D eigenvalue weighted by molar-refractivity contribution is 7.14. The first-order chi connectivity index (χ1) is 9.24. The molecule has 0 unspecified atom stereocenters. The number of rotatable bonds is 2. The monoisotopic (exact) mass is 271 g/mol. The molecular weight excluding hydrogens is 262 g/mol. The van der Waals surface area contributed by atoms with Crippen LogP contribution in [0.2, 0.25) is 0 Å². The summed E-state index contributed by atoms with van der Waals surface area (Å²) in [6.07, 6.45) is 11.2. The minimum Gasteiger partial charge on any atom is -0.363 e. The van der Waals surface area contributed by atoms with Gasteiger partial charge < -0.3 is 11.1 Å². The van der Waals surface area contributed by atoms with Crippen LogP contribution in [0, 0.1) is 0 Å². The molecule has 1 amide bonds. The van der Waals surface area contributed by atoms with E-state index in [0.717, 1.165) is 28.4 Å². The van der Waals surface area contributed by atoms with Crippen LogP contribution in [0.15, 0.2) is 47.1 Å². The lowest BCUT2D eigenvalue weighted by Gasteiger charge is -2.14. The molecule has 0 radical (unpaired) electrons. The van der Waals surface area contributed by atoms with Crippen LogP contribution < -0.4 is 11.1 Å². The Morgan fingerprint density at radius 2 is 2.16 bits per heavy atom. The Labute approximate surface area is 112 Å². The molecule has 2 aliphatic heterocycles. The Bertz CT molecular complexity index is 693. The second kappa shape index (κ2) is 4.62. The fourth-order valence-corrected chi connectivity index (χ4v) is 2.29. The fourth-order valence-electron chi connectivity index (χ4n) is 1.62. The lowest BCUT2D eigenvalue weighted by Crippen LogP contribution is -2.25. The molecular formula is C12H9N5OS. The van der Waals surface area contributed by atoms with Crippen molar-refractivity contribution in [2.24, 2.45) is 10.7 Å². The molecule has 0 aromatic carbocycles. The number of aromatic nitrogens is 2. The van der Waals surface area contributed by atoms with Crippen molar-refractivity contribution in [2.75, 3.05) is 0 Å². The van der Waals surface area contributed by atoms with Crippen molar-refractivity contribution in [1.29, 1.82) is 0 Å². The molecule has 0 atom stereocenters. The number of nitrogens with zero attached hydrogens (tertiary/aromatic N) is 3. The van der Waals surface area contributed by atoms with Crippen molar-refractivity contribution in [3.05, 3.63) is 52.2 Å². The van der Waals surface area contributed by atoms with Gasteiger partial charge in [0.15, 0.2) is 5.01 Å². The normalized spacial score (nSPS) is 16.7. The van der Waals surface area contributed by atoms with Gasteiger partial charge in [-0.15, -0.1) is 10.2 Å². The van der Waals surface area contributed by atoms with Crippen LogP contribution in [-0.4, -0.2) is 21.9 Å². The summed E-state index contributed by atoms with van der Waals surface area (Å²) in [7, 11) is 0. The maximum atomic E-state index is 11.0. The van der Waals surface area contributed by atoms with Crippen LogP contribution in [0.25, 0.3) is 5.70 Å². The summed E-state index contributed by atoms with van der Waals surface area (Å²) in [5.74, 6) is 0.160. The molecule has 0 saturated heterocycles. The molecule has 94 valence electrons. The zero-order valence-corrected chi connectivity index (χ0v) is 10.5. The number of nitrogens with two attached hydrogens (primary N) is 1. The number of nitrogens with one attached hydrogen (secondary N) is 1. The Balaban J connectivity index is 1.95. The van der Waals surface area contributed by atoms with Crippen molar-refractivity contribution in [2.45, 2.75) is 0 Å². The van der Waals surface area contributed by atoms with Crippen LogP contribution in [0.1, 0.15) is 14.8 Å². The van der Waals surface area contributed by atoms with Crippen molar-refractivity contribution in [1.82, 2.24) is 15.5 Å². The van der Waals surface area contributed by atoms with Crippen LogP contribution >= 0.6 is 11.3 Å². The number of allylic oxidation sites excluding steroid dienone is 4. The van der Waals surface area contributed by atoms with E-state index in [1.54, 1.807) is 6.20 Å². The zero-order valence-electron chi connectivity index (χ0n) is 9.70. The van der Waals surface area contributed by atoms with Gasteiger partial charge in [-0.1, -0.05) is 23.5 Å². The number of dihydropyridines is 1. The molecule has 0 aliphatic carbocycles. The minimum atomic E-state index is -0.575. The number of amidine groups is 1. The van der Waals surface area contributed by atoms with E-state index in [4.69, 9.17) is 5.73 Å². The molecule has 3 N–H and O–H groups in total. The molecule has 3 rings (SSSR count). The van der Waals surface area contributed by atoms with E-state index < -0.39 is 5.91 Å². The fraction of sp³-hybridized carbons (Fsp3) is 0. The van der Waals surface area contributed by atoms with Crippen LogP contribution in [0.3, 0.4) is 0 Å². The van der Waals surface area contributed by atoms with E-state index in [9.17, 15) is 4.79 Å². The topological polar surface area (TPSA) is 93.3 Å². The average molecular weight is 271 g/mol. The van der Waals surface area contributed by atoms with Gasteiger partial charge in [0.1, 0.15) is 5.84 Å². The zero-order chi connectivity index (χ0) is 13.2. The molecule has 1 aromatic rings. The van der Waals surface area contributed by atoms with Crippen molar-refractivity contribution in [3.8, 4) is 0 Å². The number of aliphatic imine (C=N–C) groups is 1. The van der Waals surface area contributed by atoms with Gasteiger partial charge in [0.25, 0.3) is 5.91 Å².